The van der Waals surface area contributed by atoms with Gasteiger partial charge in [-0.2, -0.15) is 0 Å². The lowest BCUT2D eigenvalue weighted by molar-refractivity contribution is 0.269. The number of fused-ring (bicyclic) bond motifs is 1. The Morgan fingerprint density at radius 1 is 1.47 bits per heavy atom. The van der Waals surface area contributed by atoms with E-state index in [0.29, 0.717) is 5.92 Å². The minimum atomic E-state index is 0.708. The minimum absolute atomic E-state index is 0.708. The van der Waals surface area contributed by atoms with Crippen LogP contribution in [0.25, 0.3) is 0 Å². The summed E-state index contributed by atoms with van der Waals surface area (Å²) >= 11 is 1.89. The van der Waals surface area contributed by atoms with Gasteiger partial charge in [0.1, 0.15) is 5.01 Å². The van der Waals surface area contributed by atoms with Crippen molar-refractivity contribution in [3.8, 4) is 0 Å². The fourth-order valence-electron chi connectivity index (χ4n) is 2.12. The summed E-state index contributed by atoms with van der Waals surface area (Å²) in [5.41, 5.74) is 1.35. The number of nitrogens with one attached hydrogen (secondary N) is 1. The van der Waals surface area contributed by atoms with Gasteiger partial charge in [0.15, 0.2) is 0 Å². The molecule has 1 aliphatic rings. The highest BCUT2D eigenvalue weighted by Crippen LogP contribution is 2.24. The van der Waals surface area contributed by atoms with Gasteiger partial charge in [-0.15, -0.1) is 11.3 Å². The van der Waals surface area contributed by atoms with E-state index >= 15 is 0 Å². The third-order valence-corrected chi connectivity index (χ3v) is 4.21. The van der Waals surface area contributed by atoms with Crippen molar-refractivity contribution in [1.29, 1.82) is 0 Å². The Bertz CT molecular complexity index is 360. The quantitative estimate of drug-likeness (QED) is 0.872. The van der Waals surface area contributed by atoms with E-state index < -0.39 is 0 Å². The van der Waals surface area contributed by atoms with Gasteiger partial charge in [-0.05, 0) is 19.0 Å². The number of rotatable bonds is 5. The molecule has 0 spiro atoms. The van der Waals surface area contributed by atoms with Crippen LogP contribution in [0.3, 0.4) is 0 Å². The highest BCUT2D eigenvalue weighted by Gasteiger charge is 2.19. The minimum Gasteiger partial charge on any atom is -0.310 e. The lowest BCUT2D eigenvalue weighted by atomic mass is 10.2. The molecule has 0 amide bonds. The van der Waals surface area contributed by atoms with Gasteiger partial charge in [-0.1, -0.05) is 20.8 Å². The third-order valence-electron chi connectivity index (χ3n) is 3.13. The molecular formula is C13H23N3S. The molecule has 0 atom stereocenters. The van der Waals surface area contributed by atoms with Crippen LogP contribution in [0.4, 0.5) is 0 Å². The summed E-state index contributed by atoms with van der Waals surface area (Å²) < 4.78 is 0. The number of hydrogen-bond donors (Lipinski definition) is 1. The predicted octanol–water partition coefficient (Wildman–Crippen LogP) is 2.27. The lowest BCUT2D eigenvalue weighted by Crippen LogP contribution is -2.29. The smallest absolute Gasteiger partial charge is 0.107 e. The molecule has 2 heterocycles. The molecule has 0 fully saturated rings. The largest absolute Gasteiger partial charge is 0.310 e. The van der Waals surface area contributed by atoms with E-state index in [-0.39, 0.29) is 0 Å². The van der Waals surface area contributed by atoms with Gasteiger partial charge >= 0.3 is 0 Å². The second kappa shape index (κ2) is 5.94. The van der Waals surface area contributed by atoms with Crippen LogP contribution in [0.2, 0.25) is 0 Å². The molecule has 1 aliphatic heterocycles. The molecule has 0 bridgehead atoms. The summed E-state index contributed by atoms with van der Waals surface area (Å²) in [6.07, 6.45) is 1.13. The number of hydrogen-bond acceptors (Lipinski definition) is 4. The average Bonchev–Trinajstić information content (AvgIpc) is 2.69. The molecule has 17 heavy (non-hydrogen) atoms. The summed E-state index contributed by atoms with van der Waals surface area (Å²) in [5.74, 6) is 0.708. The van der Waals surface area contributed by atoms with Crippen molar-refractivity contribution >= 4 is 11.3 Å². The molecular weight excluding hydrogens is 230 g/mol. The van der Waals surface area contributed by atoms with Gasteiger partial charge in [0.25, 0.3) is 0 Å². The highest BCUT2D eigenvalue weighted by molar-refractivity contribution is 7.11. The Labute approximate surface area is 108 Å². The molecule has 2 rings (SSSR count). The lowest BCUT2D eigenvalue weighted by Gasteiger charge is -2.23. The SMILES string of the molecule is CCN1CCc2nc(CNCC(C)C)sc2C1. The maximum atomic E-state index is 4.75. The molecule has 0 aliphatic carbocycles. The first-order chi connectivity index (χ1) is 8.19. The molecule has 0 radical (unpaired) electrons. The first-order valence-corrected chi connectivity index (χ1v) is 7.41. The van der Waals surface area contributed by atoms with E-state index in [1.54, 1.807) is 0 Å². The number of thiazole rings is 1. The van der Waals surface area contributed by atoms with Crippen LogP contribution < -0.4 is 5.32 Å². The summed E-state index contributed by atoms with van der Waals surface area (Å²) in [6, 6.07) is 0. The Kier molecular flexibility index (Phi) is 4.54. The van der Waals surface area contributed by atoms with Gasteiger partial charge in [0.2, 0.25) is 0 Å². The Morgan fingerprint density at radius 2 is 2.29 bits per heavy atom. The first kappa shape index (κ1) is 13.0. The summed E-state index contributed by atoms with van der Waals surface area (Å²) in [6.45, 7) is 12.1. The second-order valence-corrected chi connectivity index (χ2v) is 6.29. The van der Waals surface area contributed by atoms with Crippen molar-refractivity contribution in [3.05, 3.63) is 15.6 Å². The van der Waals surface area contributed by atoms with Crippen molar-refractivity contribution in [1.82, 2.24) is 15.2 Å². The molecule has 1 aromatic heterocycles. The monoisotopic (exact) mass is 253 g/mol. The van der Waals surface area contributed by atoms with Gasteiger partial charge < -0.3 is 5.32 Å². The highest BCUT2D eigenvalue weighted by atomic mass is 32.1. The summed E-state index contributed by atoms with van der Waals surface area (Å²) in [7, 11) is 0. The zero-order valence-electron chi connectivity index (χ0n) is 11.1. The third kappa shape index (κ3) is 3.50. The fraction of sp³-hybridized carbons (Fsp3) is 0.769. The summed E-state index contributed by atoms with van der Waals surface area (Å²) in [4.78, 5) is 8.72. The number of nitrogens with zero attached hydrogens (tertiary/aromatic N) is 2. The maximum absolute atomic E-state index is 4.75. The molecule has 0 aromatic carbocycles. The molecule has 0 saturated heterocycles. The van der Waals surface area contributed by atoms with Crippen LogP contribution in [0.5, 0.6) is 0 Å². The molecule has 1 aromatic rings. The van der Waals surface area contributed by atoms with E-state index in [0.717, 1.165) is 32.6 Å². The Morgan fingerprint density at radius 3 is 3.00 bits per heavy atom. The zero-order valence-corrected chi connectivity index (χ0v) is 11.9. The van der Waals surface area contributed by atoms with Crippen molar-refractivity contribution in [2.24, 2.45) is 5.92 Å². The topological polar surface area (TPSA) is 28.2 Å². The van der Waals surface area contributed by atoms with Crippen LogP contribution in [0.15, 0.2) is 0 Å². The molecule has 96 valence electrons. The standard InChI is InChI=1S/C13H23N3S/c1-4-16-6-5-11-12(9-16)17-13(15-11)8-14-7-10(2)3/h10,14H,4-9H2,1-3H3. The van der Waals surface area contributed by atoms with Crippen LogP contribution in [-0.2, 0) is 19.5 Å². The van der Waals surface area contributed by atoms with Gasteiger partial charge in [0, 0.05) is 30.9 Å². The molecule has 4 heteroatoms. The molecule has 0 saturated carbocycles. The zero-order chi connectivity index (χ0) is 12.3. The van der Waals surface area contributed by atoms with E-state index in [1.165, 1.54) is 22.1 Å². The number of likely N-dealkylation sites (N-methyl/N-ethyl adjacent to an activating group) is 1. The summed E-state index contributed by atoms with van der Waals surface area (Å²) in [5, 5.41) is 4.73. The van der Waals surface area contributed by atoms with Crippen molar-refractivity contribution < 1.29 is 0 Å². The predicted molar refractivity (Wildman–Crippen MR) is 73.3 cm³/mol. The fourth-order valence-corrected chi connectivity index (χ4v) is 3.24. The normalized spacial score (nSPS) is 16.5. The van der Waals surface area contributed by atoms with Gasteiger partial charge in [-0.25, -0.2) is 4.98 Å². The van der Waals surface area contributed by atoms with Crippen molar-refractivity contribution in [2.45, 2.75) is 40.3 Å². The average molecular weight is 253 g/mol. The van der Waals surface area contributed by atoms with E-state index in [4.69, 9.17) is 4.98 Å². The van der Waals surface area contributed by atoms with E-state index in [1.807, 2.05) is 11.3 Å². The molecule has 1 N–H and O–H groups in total. The maximum Gasteiger partial charge on any atom is 0.107 e. The number of aromatic nitrogens is 1. The van der Waals surface area contributed by atoms with Crippen LogP contribution in [0, 0.1) is 5.92 Å². The Hall–Kier alpha value is -0.450. The van der Waals surface area contributed by atoms with E-state index in [9.17, 15) is 0 Å². The van der Waals surface area contributed by atoms with Crippen LogP contribution >= 0.6 is 11.3 Å². The molecule has 3 nitrogen and oxygen atoms in total. The molecule has 0 unspecified atom stereocenters. The van der Waals surface area contributed by atoms with Gasteiger partial charge in [-0.3, -0.25) is 4.90 Å². The Balaban J connectivity index is 1.91. The van der Waals surface area contributed by atoms with Gasteiger partial charge in [0.05, 0.1) is 5.69 Å². The van der Waals surface area contributed by atoms with Crippen LogP contribution in [-0.4, -0.2) is 29.5 Å². The van der Waals surface area contributed by atoms with E-state index in [2.05, 4.69) is 31.0 Å². The van der Waals surface area contributed by atoms with Crippen molar-refractivity contribution in [2.75, 3.05) is 19.6 Å². The van der Waals surface area contributed by atoms with Crippen LogP contribution in [0.1, 0.15) is 36.3 Å². The second-order valence-electron chi connectivity index (χ2n) is 5.12. The van der Waals surface area contributed by atoms with Crippen molar-refractivity contribution in [3.63, 3.8) is 0 Å². The first-order valence-electron chi connectivity index (χ1n) is 6.59.